The number of H-pyrrole nitrogens is 1. The summed E-state index contributed by atoms with van der Waals surface area (Å²) in [6.45, 7) is 4.58. The second-order valence-electron chi connectivity index (χ2n) is 5.26. The lowest BCUT2D eigenvalue weighted by Gasteiger charge is -2.34. The molecule has 2 rings (SSSR count). The lowest BCUT2D eigenvalue weighted by Crippen LogP contribution is -2.28. The van der Waals surface area contributed by atoms with Crippen molar-refractivity contribution in [2.45, 2.75) is 45.6 Å². The van der Waals surface area contributed by atoms with E-state index in [2.05, 4.69) is 24.0 Å². The molecule has 0 spiro atoms. The van der Waals surface area contributed by atoms with Gasteiger partial charge in [0.15, 0.2) is 0 Å². The minimum absolute atomic E-state index is 0.214. The molecule has 1 aliphatic carbocycles. The van der Waals surface area contributed by atoms with Gasteiger partial charge in [0.2, 0.25) is 0 Å². The number of ether oxygens (including phenoxy) is 1. The molecule has 1 saturated carbocycles. The summed E-state index contributed by atoms with van der Waals surface area (Å²) in [7, 11) is 0. The quantitative estimate of drug-likeness (QED) is 0.833. The Labute approximate surface area is 95.0 Å². The fourth-order valence-electron chi connectivity index (χ4n) is 2.11. The molecule has 4 heteroatoms. The summed E-state index contributed by atoms with van der Waals surface area (Å²) in [5.41, 5.74) is 0.223. The van der Waals surface area contributed by atoms with E-state index in [1.807, 2.05) is 0 Å². The maximum Gasteiger partial charge on any atom is 0.267 e. The first-order valence-electron chi connectivity index (χ1n) is 5.77. The van der Waals surface area contributed by atoms with Crippen LogP contribution in [0, 0.1) is 5.41 Å². The van der Waals surface area contributed by atoms with E-state index >= 15 is 0 Å². The minimum Gasteiger partial charge on any atom is -0.489 e. The van der Waals surface area contributed by atoms with Gasteiger partial charge in [0.25, 0.3) is 5.56 Å². The Balaban J connectivity index is 1.94. The smallest absolute Gasteiger partial charge is 0.267 e. The van der Waals surface area contributed by atoms with E-state index in [4.69, 9.17) is 4.74 Å². The van der Waals surface area contributed by atoms with E-state index < -0.39 is 0 Å². The summed E-state index contributed by atoms with van der Waals surface area (Å²) in [4.78, 5) is 11.0. The van der Waals surface area contributed by atoms with Crippen molar-refractivity contribution in [1.82, 2.24) is 10.2 Å². The number of hydrogen-bond acceptors (Lipinski definition) is 3. The molecular formula is C12H18N2O2. The van der Waals surface area contributed by atoms with Gasteiger partial charge < -0.3 is 4.74 Å². The number of rotatable bonds is 2. The maximum absolute atomic E-state index is 11.0. The van der Waals surface area contributed by atoms with Gasteiger partial charge in [0.1, 0.15) is 5.75 Å². The van der Waals surface area contributed by atoms with Crippen molar-refractivity contribution in [3.8, 4) is 5.75 Å². The number of aromatic nitrogens is 2. The fraction of sp³-hybridized carbons (Fsp3) is 0.667. The van der Waals surface area contributed by atoms with E-state index in [1.54, 1.807) is 6.20 Å². The highest BCUT2D eigenvalue weighted by molar-refractivity contribution is 5.13. The van der Waals surface area contributed by atoms with Crippen LogP contribution in [0.15, 0.2) is 17.1 Å². The number of hydrogen-bond donors (Lipinski definition) is 1. The van der Waals surface area contributed by atoms with Gasteiger partial charge >= 0.3 is 0 Å². The first kappa shape index (κ1) is 11.2. The van der Waals surface area contributed by atoms with E-state index in [0.29, 0.717) is 11.2 Å². The predicted octanol–water partition coefficient (Wildman–Crippen LogP) is 2.12. The van der Waals surface area contributed by atoms with Crippen LogP contribution in [0.5, 0.6) is 5.75 Å². The van der Waals surface area contributed by atoms with Crippen molar-refractivity contribution in [1.29, 1.82) is 0 Å². The molecule has 0 saturated heterocycles. The van der Waals surface area contributed by atoms with Crippen LogP contribution in [-0.4, -0.2) is 16.3 Å². The lowest BCUT2D eigenvalue weighted by molar-refractivity contribution is 0.0982. The maximum atomic E-state index is 11.0. The standard InChI is InChI=1S/C12H18N2O2/c1-12(2)5-3-9(4-6-12)16-10-7-11(15)14-13-8-10/h7-9H,3-6H2,1-2H3,(H,14,15). The molecule has 0 atom stereocenters. The Morgan fingerprint density at radius 3 is 2.75 bits per heavy atom. The van der Waals surface area contributed by atoms with Crippen molar-refractivity contribution >= 4 is 0 Å². The first-order chi connectivity index (χ1) is 7.55. The van der Waals surface area contributed by atoms with Crippen molar-refractivity contribution < 1.29 is 4.74 Å². The van der Waals surface area contributed by atoms with Gasteiger partial charge in [0.05, 0.1) is 12.3 Å². The Kier molecular flexibility index (Phi) is 2.99. The molecule has 1 aromatic heterocycles. The molecule has 88 valence electrons. The highest BCUT2D eigenvalue weighted by Gasteiger charge is 2.27. The molecule has 0 radical (unpaired) electrons. The Morgan fingerprint density at radius 1 is 1.44 bits per heavy atom. The zero-order valence-corrected chi connectivity index (χ0v) is 9.82. The highest BCUT2D eigenvalue weighted by atomic mass is 16.5. The Morgan fingerprint density at radius 2 is 2.12 bits per heavy atom. The van der Waals surface area contributed by atoms with E-state index in [9.17, 15) is 4.79 Å². The summed E-state index contributed by atoms with van der Waals surface area (Å²) in [6, 6.07) is 1.45. The summed E-state index contributed by atoms with van der Waals surface area (Å²) in [6.07, 6.45) is 6.25. The number of nitrogens with one attached hydrogen (secondary N) is 1. The highest BCUT2D eigenvalue weighted by Crippen LogP contribution is 2.36. The molecule has 0 aliphatic heterocycles. The van der Waals surface area contributed by atoms with Gasteiger partial charge in [-0.05, 0) is 31.1 Å². The van der Waals surface area contributed by atoms with Crippen LogP contribution in [-0.2, 0) is 0 Å². The van der Waals surface area contributed by atoms with Crippen LogP contribution in [0.2, 0.25) is 0 Å². The molecule has 16 heavy (non-hydrogen) atoms. The predicted molar refractivity (Wildman–Crippen MR) is 61.5 cm³/mol. The summed E-state index contributed by atoms with van der Waals surface area (Å²) in [5, 5.41) is 6.05. The number of aromatic amines is 1. The van der Waals surface area contributed by atoms with Gasteiger partial charge in [-0.2, -0.15) is 5.10 Å². The van der Waals surface area contributed by atoms with Crippen molar-refractivity contribution in [2.75, 3.05) is 0 Å². The van der Waals surface area contributed by atoms with Crippen molar-refractivity contribution in [2.24, 2.45) is 5.41 Å². The van der Waals surface area contributed by atoms with Crippen LogP contribution in [0.1, 0.15) is 39.5 Å². The summed E-state index contributed by atoms with van der Waals surface area (Å²) in [5.74, 6) is 0.577. The minimum atomic E-state index is -0.214. The van der Waals surface area contributed by atoms with E-state index in [1.165, 1.54) is 18.9 Å². The molecule has 0 bridgehead atoms. The topological polar surface area (TPSA) is 55.0 Å². The van der Waals surface area contributed by atoms with Gasteiger partial charge in [-0.3, -0.25) is 4.79 Å². The summed E-state index contributed by atoms with van der Waals surface area (Å²) < 4.78 is 5.75. The molecule has 1 aromatic rings. The van der Waals surface area contributed by atoms with Crippen LogP contribution in [0.3, 0.4) is 0 Å². The third-order valence-corrected chi connectivity index (χ3v) is 3.23. The summed E-state index contributed by atoms with van der Waals surface area (Å²) >= 11 is 0. The average molecular weight is 222 g/mol. The molecule has 0 amide bonds. The monoisotopic (exact) mass is 222 g/mol. The molecule has 1 fully saturated rings. The van der Waals surface area contributed by atoms with Crippen LogP contribution < -0.4 is 10.3 Å². The van der Waals surface area contributed by atoms with Gasteiger partial charge in [-0.15, -0.1) is 0 Å². The zero-order valence-electron chi connectivity index (χ0n) is 9.82. The fourth-order valence-corrected chi connectivity index (χ4v) is 2.11. The van der Waals surface area contributed by atoms with Crippen LogP contribution in [0.25, 0.3) is 0 Å². The zero-order chi connectivity index (χ0) is 11.6. The second kappa shape index (κ2) is 4.28. The normalized spacial score (nSPS) is 20.6. The van der Waals surface area contributed by atoms with Crippen molar-refractivity contribution in [3.05, 3.63) is 22.6 Å². The first-order valence-corrected chi connectivity index (χ1v) is 5.77. The molecule has 1 aliphatic rings. The van der Waals surface area contributed by atoms with E-state index in [-0.39, 0.29) is 11.7 Å². The molecule has 4 nitrogen and oxygen atoms in total. The molecule has 0 unspecified atom stereocenters. The molecule has 1 heterocycles. The third-order valence-electron chi connectivity index (χ3n) is 3.23. The van der Waals surface area contributed by atoms with Gasteiger partial charge in [0, 0.05) is 6.07 Å². The van der Waals surface area contributed by atoms with E-state index in [0.717, 1.165) is 12.8 Å². The van der Waals surface area contributed by atoms with Gasteiger partial charge in [-0.25, -0.2) is 5.10 Å². The molecule has 1 N–H and O–H groups in total. The SMILES string of the molecule is CC1(C)CCC(Oc2cn[nH]c(=O)c2)CC1. The number of nitrogens with zero attached hydrogens (tertiary/aromatic N) is 1. The van der Waals surface area contributed by atoms with Gasteiger partial charge in [-0.1, -0.05) is 13.8 Å². The third kappa shape index (κ3) is 2.84. The lowest BCUT2D eigenvalue weighted by atomic mass is 9.76. The Hall–Kier alpha value is -1.32. The molecular weight excluding hydrogens is 204 g/mol. The van der Waals surface area contributed by atoms with Crippen molar-refractivity contribution in [3.63, 3.8) is 0 Å². The second-order valence-corrected chi connectivity index (χ2v) is 5.26. The van der Waals surface area contributed by atoms with Crippen LogP contribution >= 0.6 is 0 Å². The van der Waals surface area contributed by atoms with Crippen LogP contribution in [0.4, 0.5) is 0 Å². The molecule has 0 aromatic carbocycles. The largest absolute Gasteiger partial charge is 0.489 e. The Bertz CT molecular complexity index is 401. The average Bonchev–Trinajstić information content (AvgIpc) is 2.21.